The Morgan fingerprint density at radius 2 is 1.76 bits per heavy atom. The Morgan fingerprint density at radius 1 is 1.09 bits per heavy atom. The van der Waals surface area contributed by atoms with Crippen LogP contribution in [0.4, 0.5) is 11.4 Å². The molecule has 1 aliphatic carbocycles. The van der Waals surface area contributed by atoms with Crippen LogP contribution in [0.1, 0.15) is 36.8 Å². The highest BCUT2D eigenvalue weighted by molar-refractivity contribution is 8.01. The number of aromatic nitrogens is 1. The van der Waals surface area contributed by atoms with E-state index in [2.05, 4.69) is 10.3 Å². The van der Waals surface area contributed by atoms with E-state index < -0.39 is 0 Å². The lowest BCUT2D eigenvalue weighted by atomic mass is 9.81. The number of hydrogen-bond donors (Lipinski definition) is 1. The minimum absolute atomic E-state index is 0.0636. The number of amides is 3. The van der Waals surface area contributed by atoms with E-state index in [0.717, 1.165) is 57.1 Å². The molecule has 0 bridgehead atoms. The summed E-state index contributed by atoms with van der Waals surface area (Å²) in [5.74, 6) is -0.270. The quantitative estimate of drug-likeness (QED) is 0.396. The van der Waals surface area contributed by atoms with Gasteiger partial charge in [-0.05, 0) is 56.0 Å². The van der Waals surface area contributed by atoms with Crippen molar-refractivity contribution in [2.75, 3.05) is 16.0 Å². The van der Waals surface area contributed by atoms with Crippen molar-refractivity contribution < 1.29 is 14.4 Å². The van der Waals surface area contributed by atoms with E-state index in [1.54, 1.807) is 6.07 Å². The van der Waals surface area contributed by atoms with Crippen LogP contribution >= 0.6 is 23.1 Å². The summed E-state index contributed by atoms with van der Waals surface area (Å²) in [6, 6.07) is 11.5. The smallest absolute Gasteiger partial charge is 0.237 e. The maximum Gasteiger partial charge on any atom is 0.237 e. The van der Waals surface area contributed by atoms with Crippen LogP contribution in [-0.2, 0) is 14.4 Å². The second-order valence-electron chi connectivity index (χ2n) is 8.74. The summed E-state index contributed by atoms with van der Waals surface area (Å²) in [6.07, 6.45) is 3.64. The van der Waals surface area contributed by atoms with Gasteiger partial charge in [0.25, 0.3) is 0 Å². The highest BCUT2D eigenvalue weighted by Crippen LogP contribution is 2.41. The first-order valence-electron chi connectivity index (χ1n) is 11.2. The van der Waals surface area contributed by atoms with E-state index in [1.165, 1.54) is 28.0 Å². The van der Waals surface area contributed by atoms with Crippen LogP contribution in [-0.4, -0.2) is 28.5 Å². The van der Waals surface area contributed by atoms with E-state index in [0.29, 0.717) is 5.69 Å². The second kappa shape index (κ2) is 8.91. The average Bonchev–Trinajstić information content (AvgIpc) is 3.33. The van der Waals surface area contributed by atoms with Crippen LogP contribution in [0.15, 0.2) is 40.7 Å². The van der Waals surface area contributed by atoms with E-state index in [-0.39, 0.29) is 35.3 Å². The van der Waals surface area contributed by atoms with Crippen molar-refractivity contribution in [3.05, 3.63) is 47.5 Å². The molecule has 2 fully saturated rings. The molecule has 1 saturated heterocycles. The topological polar surface area (TPSA) is 79.4 Å². The maximum atomic E-state index is 12.9. The molecule has 2 aliphatic rings. The number of nitrogens with zero attached hydrogens (tertiary/aromatic N) is 2. The molecule has 5 rings (SSSR count). The lowest BCUT2D eigenvalue weighted by Gasteiger charge is -2.19. The maximum absolute atomic E-state index is 12.9. The van der Waals surface area contributed by atoms with Gasteiger partial charge in [-0.25, -0.2) is 4.98 Å². The van der Waals surface area contributed by atoms with Crippen molar-refractivity contribution in [3.63, 3.8) is 0 Å². The Labute approximate surface area is 200 Å². The number of para-hydroxylation sites is 1. The molecule has 3 amide bonds. The molecule has 6 nitrogen and oxygen atoms in total. The number of thiazole rings is 1. The van der Waals surface area contributed by atoms with Crippen LogP contribution in [0, 0.1) is 25.7 Å². The summed E-state index contributed by atoms with van der Waals surface area (Å²) in [5, 5.41) is 3.00. The molecule has 1 N–H and O–H groups in total. The lowest BCUT2D eigenvalue weighted by Crippen LogP contribution is -2.30. The van der Waals surface area contributed by atoms with Crippen LogP contribution in [0.25, 0.3) is 10.2 Å². The van der Waals surface area contributed by atoms with E-state index in [4.69, 9.17) is 0 Å². The van der Waals surface area contributed by atoms with Gasteiger partial charge in [-0.3, -0.25) is 19.3 Å². The van der Waals surface area contributed by atoms with Gasteiger partial charge in [-0.1, -0.05) is 42.8 Å². The summed E-state index contributed by atoms with van der Waals surface area (Å²) in [5.41, 5.74) is 4.36. The summed E-state index contributed by atoms with van der Waals surface area (Å²) in [4.78, 5) is 44.3. The van der Waals surface area contributed by atoms with Gasteiger partial charge < -0.3 is 5.32 Å². The minimum atomic E-state index is -0.162. The zero-order valence-electron chi connectivity index (χ0n) is 18.6. The predicted molar refractivity (Wildman–Crippen MR) is 133 cm³/mol. The van der Waals surface area contributed by atoms with Gasteiger partial charge >= 0.3 is 0 Å². The fourth-order valence-electron chi connectivity index (χ4n) is 4.82. The molecule has 0 spiro atoms. The van der Waals surface area contributed by atoms with Gasteiger partial charge in [0.1, 0.15) is 0 Å². The highest BCUT2D eigenvalue weighted by atomic mass is 32.2. The SMILES string of the molecule is Cc1cccc(C)c1NC(=O)CSc1nc2ccc(N3C(=O)[C@@H]4CCCC[C@H]4C3=O)cc2s1. The Bertz CT molecular complexity index is 1220. The molecule has 1 aromatic heterocycles. The number of rotatable bonds is 5. The number of imide groups is 1. The first-order chi connectivity index (χ1) is 15.9. The molecule has 2 aromatic carbocycles. The number of carbonyl (C=O) groups excluding carboxylic acids is 3. The van der Waals surface area contributed by atoms with Gasteiger partial charge in [0.2, 0.25) is 17.7 Å². The number of nitrogens with one attached hydrogen (secondary N) is 1. The Balaban J connectivity index is 1.29. The van der Waals surface area contributed by atoms with Gasteiger partial charge in [0.05, 0.1) is 33.5 Å². The highest BCUT2D eigenvalue weighted by Gasteiger charge is 2.48. The summed E-state index contributed by atoms with van der Waals surface area (Å²) in [6.45, 7) is 3.96. The van der Waals surface area contributed by atoms with E-state index in [9.17, 15) is 14.4 Å². The third-order valence-corrected chi connectivity index (χ3v) is 8.69. The van der Waals surface area contributed by atoms with Gasteiger partial charge in [0, 0.05) is 5.69 Å². The predicted octanol–water partition coefficient (Wildman–Crippen LogP) is 5.32. The van der Waals surface area contributed by atoms with E-state index in [1.807, 2.05) is 44.2 Å². The molecule has 0 radical (unpaired) electrons. The van der Waals surface area contributed by atoms with Crippen LogP contribution < -0.4 is 10.2 Å². The normalized spacial score (nSPS) is 20.4. The van der Waals surface area contributed by atoms with Crippen molar-refractivity contribution in [2.24, 2.45) is 11.8 Å². The molecule has 170 valence electrons. The minimum Gasteiger partial charge on any atom is -0.325 e. The molecule has 0 unspecified atom stereocenters. The largest absolute Gasteiger partial charge is 0.325 e. The molecular formula is C25H25N3O3S2. The Kier molecular flexibility index (Phi) is 5.97. The number of thioether (sulfide) groups is 1. The fraction of sp³-hybridized carbons (Fsp3) is 0.360. The zero-order chi connectivity index (χ0) is 23.1. The van der Waals surface area contributed by atoms with Crippen molar-refractivity contribution in [3.8, 4) is 0 Å². The summed E-state index contributed by atoms with van der Waals surface area (Å²) >= 11 is 2.86. The first kappa shape index (κ1) is 22.1. The van der Waals surface area contributed by atoms with Crippen LogP contribution in [0.2, 0.25) is 0 Å². The summed E-state index contributed by atoms with van der Waals surface area (Å²) < 4.78 is 1.69. The molecular weight excluding hydrogens is 454 g/mol. The van der Waals surface area contributed by atoms with Crippen molar-refractivity contribution in [1.29, 1.82) is 0 Å². The number of anilines is 2. The number of fused-ring (bicyclic) bond motifs is 2. The molecule has 2 heterocycles. The number of hydrogen-bond acceptors (Lipinski definition) is 6. The number of benzene rings is 2. The number of carbonyl (C=O) groups is 3. The Hall–Kier alpha value is -2.71. The molecule has 2 atom stereocenters. The fourth-order valence-corrected chi connectivity index (χ4v) is 6.73. The monoisotopic (exact) mass is 479 g/mol. The van der Waals surface area contributed by atoms with Gasteiger partial charge in [-0.15, -0.1) is 11.3 Å². The first-order valence-corrected chi connectivity index (χ1v) is 13.0. The van der Waals surface area contributed by atoms with Crippen molar-refractivity contribution in [2.45, 2.75) is 43.9 Å². The van der Waals surface area contributed by atoms with Crippen molar-refractivity contribution in [1.82, 2.24) is 4.98 Å². The van der Waals surface area contributed by atoms with Crippen molar-refractivity contribution >= 4 is 62.4 Å². The third-order valence-electron chi connectivity index (χ3n) is 6.52. The van der Waals surface area contributed by atoms with E-state index >= 15 is 0 Å². The molecule has 3 aromatic rings. The molecule has 1 saturated carbocycles. The standard InChI is InChI=1S/C25H25N3O3S2/c1-14-6-5-7-15(2)22(14)27-21(29)13-32-25-26-19-11-10-16(12-20(19)33-25)28-23(30)17-8-3-4-9-18(17)24(28)31/h5-7,10-12,17-18H,3-4,8-9,13H2,1-2H3,(H,27,29)/t17-,18-/m1/s1. The second-order valence-corrected chi connectivity index (χ2v) is 11.0. The lowest BCUT2D eigenvalue weighted by molar-refractivity contribution is -0.122. The van der Waals surface area contributed by atoms with Gasteiger partial charge in [0.15, 0.2) is 4.34 Å². The average molecular weight is 480 g/mol. The Morgan fingerprint density at radius 3 is 2.42 bits per heavy atom. The summed E-state index contributed by atoms with van der Waals surface area (Å²) in [7, 11) is 0. The number of aryl methyl sites for hydroxylation is 2. The van der Waals surface area contributed by atoms with Crippen LogP contribution in [0.5, 0.6) is 0 Å². The molecule has 1 aliphatic heterocycles. The molecule has 33 heavy (non-hydrogen) atoms. The van der Waals surface area contributed by atoms with Crippen LogP contribution in [0.3, 0.4) is 0 Å². The zero-order valence-corrected chi connectivity index (χ0v) is 20.2. The molecule has 8 heteroatoms. The third kappa shape index (κ3) is 4.17. The van der Waals surface area contributed by atoms with Gasteiger partial charge in [-0.2, -0.15) is 0 Å².